The molecule has 146 valence electrons. The van der Waals surface area contributed by atoms with Crippen LogP contribution in [0, 0.1) is 6.92 Å². The molecule has 7 heteroatoms. The Kier molecular flexibility index (Phi) is 5.34. The van der Waals surface area contributed by atoms with Crippen LogP contribution in [-0.2, 0) is 7.05 Å². The average Bonchev–Trinajstić information content (AvgIpc) is 3.15. The molecule has 1 saturated heterocycles. The first-order chi connectivity index (χ1) is 13.6. The van der Waals surface area contributed by atoms with Gasteiger partial charge in [-0.3, -0.25) is 0 Å². The molecule has 1 aromatic carbocycles. The monoisotopic (exact) mass is 377 g/mol. The van der Waals surface area contributed by atoms with Crippen molar-refractivity contribution in [2.75, 3.05) is 18.0 Å². The van der Waals surface area contributed by atoms with Gasteiger partial charge in [0.2, 0.25) is 0 Å². The molecule has 28 heavy (non-hydrogen) atoms. The van der Waals surface area contributed by atoms with E-state index in [1.807, 2.05) is 30.8 Å². The number of nitrogens with zero attached hydrogens (tertiary/aromatic N) is 6. The van der Waals surface area contributed by atoms with Crippen LogP contribution in [0.5, 0.6) is 0 Å². The van der Waals surface area contributed by atoms with E-state index in [2.05, 4.69) is 61.6 Å². The second-order valence-electron chi connectivity index (χ2n) is 7.49. The summed E-state index contributed by atoms with van der Waals surface area (Å²) in [5.41, 5.74) is 3.37. The molecule has 0 bridgehead atoms. The van der Waals surface area contributed by atoms with E-state index in [1.165, 1.54) is 5.69 Å². The van der Waals surface area contributed by atoms with Crippen molar-refractivity contribution in [3.63, 3.8) is 0 Å². The molecule has 3 heterocycles. The lowest BCUT2D eigenvalue weighted by molar-refractivity contribution is 0.370. The number of rotatable bonds is 5. The Hall–Kier alpha value is -2.80. The molecule has 1 atom stereocenters. The van der Waals surface area contributed by atoms with E-state index in [4.69, 9.17) is 0 Å². The van der Waals surface area contributed by atoms with E-state index in [1.54, 1.807) is 6.33 Å². The van der Waals surface area contributed by atoms with Crippen LogP contribution in [0.1, 0.15) is 37.5 Å². The van der Waals surface area contributed by atoms with Crippen LogP contribution in [0.15, 0.2) is 42.9 Å². The second-order valence-corrected chi connectivity index (χ2v) is 7.49. The van der Waals surface area contributed by atoms with Crippen LogP contribution >= 0.6 is 0 Å². The van der Waals surface area contributed by atoms with Gasteiger partial charge in [-0.1, -0.05) is 12.1 Å². The van der Waals surface area contributed by atoms with E-state index >= 15 is 0 Å². The highest BCUT2D eigenvalue weighted by molar-refractivity contribution is 5.65. The predicted molar refractivity (Wildman–Crippen MR) is 110 cm³/mol. The Morgan fingerprint density at radius 2 is 2.00 bits per heavy atom. The summed E-state index contributed by atoms with van der Waals surface area (Å²) in [5, 5.41) is 11.9. The number of hydrogen-bond donors (Lipinski definition) is 1. The Balaban J connectivity index is 1.39. The average molecular weight is 377 g/mol. The molecule has 1 N–H and O–H groups in total. The van der Waals surface area contributed by atoms with Gasteiger partial charge in [-0.25, -0.2) is 9.97 Å². The summed E-state index contributed by atoms with van der Waals surface area (Å²) >= 11 is 0. The fourth-order valence-corrected chi connectivity index (χ4v) is 3.90. The number of benzene rings is 1. The topological polar surface area (TPSA) is 71.8 Å². The molecule has 0 saturated carbocycles. The van der Waals surface area contributed by atoms with E-state index in [0.29, 0.717) is 6.04 Å². The molecule has 1 unspecified atom stereocenters. The Labute approximate surface area is 165 Å². The van der Waals surface area contributed by atoms with Crippen molar-refractivity contribution in [2.45, 2.75) is 38.8 Å². The molecule has 0 aliphatic carbocycles. The number of aryl methyl sites for hydroxylation is 2. The third kappa shape index (κ3) is 4.04. The first-order valence-electron chi connectivity index (χ1n) is 9.85. The first-order valence-corrected chi connectivity index (χ1v) is 9.85. The lowest BCUT2D eigenvalue weighted by Crippen LogP contribution is -2.43. The summed E-state index contributed by atoms with van der Waals surface area (Å²) in [4.78, 5) is 11.2. The van der Waals surface area contributed by atoms with Gasteiger partial charge in [0.05, 0.1) is 11.7 Å². The summed E-state index contributed by atoms with van der Waals surface area (Å²) in [6.07, 6.45) is 5.79. The van der Waals surface area contributed by atoms with Crippen molar-refractivity contribution < 1.29 is 0 Å². The fourth-order valence-electron chi connectivity index (χ4n) is 3.90. The van der Waals surface area contributed by atoms with Crippen LogP contribution < -0.4 is 10.2 Å². The third-order valence-corrected chi connectivity index (χ3v) is 5.40. The van der Waals surface area contributed by atoms with Crippen molar-refractivity contribution in [1.82, 2.24) is 30.0 Å². The van der Waals surface area contributed by atoms with Crippen molar-refractivity contribution in [3.05, 3.63) is 54.5 Å². The maximum atomic E-state index is 4.55. The summed E-state index contributed by atoms with van der Waals surface area (Å²) in [6.45, 7) is 6.15. The summed E-state index contributed by atoms with van der Waals surface area (Å²) in [7, 11) is 1.99. The Morgan fingerprint density at radius 3 is 2.71 bits per heavy atom. The van der Waals surface area contributed by atoms with Gasteiger partial charge in [-0.2, -0.15) is 0 Å². The van der Waals surface area contributed by atoms with Crippen LogP contribution in [0.25, 0.3) is 11.3 Å². The molecule has 0 amide bonds. The molecule has 4 rings (SSSR count). The molecule has 1 aliphatic heterocycles. The third-order valence-electron chi connectivity index (χ3n) is 5.40. The Morgan fingerprint density at radius 1 is 1.18 bits per heavy atom. The van der Waals surface area contributed by atoms with E-state index in [9.17, 15) is 0 Å². The quantitative estimate of drug-likeness (QED) is 0.737. The zero-order valence-electron chi connectivity index (χ0n) is 16.7. The minimum atomic E-state index is 0.202. The van der Waals surface area contributed by atoms with Crippen LogP contribution in [0.3, 0.4) is 0 Å². The van der Waals surface area contributed by atoms with Crippen molar-refractivity contribution >= 4 is 5.69 Å². The molecular formula is C21H27N7. The predicted octanol–water partition coefficient (Wildman–Crippen LogP) is 2.90. The van der Waals surface area contributed by atoms with Gasteiger partial charge in [-0.15, -0.1) is 10.2 Å². The van der Waals surface area contributed by atoms with E-state index < -0.39 is 0 Å². The van der Waals surface area contributed by atoms with Crippen LogP contribution in [0.2, 0.25) is 0 Å². The van der Waals surface area contributed by atoms with Gasteiger partial charge < -0.3 is 14.8 Å². The highest BCUT2D eigenvalue weighted by atomic mass is 15.3. The van der Waals surface area contributed by atoms with Gasteiger partial charge in [-0.05, 0) is 44.9 Å². The minimum Gasteiger partial charge on any atom is -0.371 e. The smallest absolute Gasteiger partial charge is 0.149 e. The van der Waals surface area contributed by atoms with Gasteiger partial charge in [0.25, 0.3) is 0 Å². The van der Waals surface area contributed by atoms with Crippen LogP contribution in [0.4, 0.5) is 5.69 Å². The summed E-state index contributed by atoms with van der Waals surface area (Å²) in [6, 6.07) is 11.3. The molecule has 0 spiro atoms. The van der Waals surface area contributed by atoms with Gasteiger partial charge in [0, 0.05) is 43.6 Å². The molecule has 0 radical (unpaired) electrons. The molecule has 7 nitrogen and oxygen atoms in total. The van der Waals surface area contributed by atoms with Crippen molar-refractivity contribution in [2.24, 2.45) is 7.05 Å². The number of anilines is 1. The number of nitrogens with one attached hydrogen (secondary N) is 1. The van der Waals surface area contributed by atoms with Gasteiger partial charge >= 0.3 is 0 Å². The van der Waals surface area contributed by atoms with Crippen molar-refractivity contribution in [3.8, 4) is 11.3 Å². The lowest BCUT2D eigenvalue weighted by Gasteiger charge is -2.35. The Bertz CT molecular complexity index is 928. The normalized spacial score (nSPS) is 16.3. The summed E-state index contributed by atoms with van der Waals surface area (Å²) < 4.78 is 1.98. The largest absolute Gasteiger partial charge is 0.371 e. The van der Waals surface area contributed by atoms with E-state index in [-0.39, 0.29) is 6.04 Å². The minimum absolute atomic E-state index is 0.202. The van der Waals surface area contributed by atoms with Gasteiger partial charge in [0.15, 0.2) is 0 Å². The van der Waals surface area contributed by atoms with Crippen LogP contribution in [-0.4, -0.2) is 43.9 Å². The lowest BCUT2D eigenvalue weighted by atomic mass is 10.0. The molecule has 3 aromatic rings. The standard InChI is InChI=1S/C21H27N7/c1-15(21-26-23-14-27(21)3)24-18-8-11-28(12-9-18)19-6-4-5-17(13-19)20-7-10-22-16(2)25-20/h4-7,10,13-15,18,24H,8-9,11-12H2,1-3H3. The number of piperidine rings is 1. The molecule has 2 aromatic heterocycles. The number of hydrogen-bond acceptors (Lipinski definition) is 6. The maximum Gasteiger partial charge on any atom is 0.149 e. The molecule has 1 aliphatic rings. The maximum absolute atomic E-state index is 4.55. The molecule has 1 fully saturated rings. The zero-order chi connectivity index (χ0) is 19.5. The van der Waals surface area contributed by atoms with Crippen molar-refractivity contribution in [1.29, 1.82) is 0 Å². The SMILES string of the molecule is Cc1nccc(-c2cccc(N3CCC(NC(C)c4nncn4C)CC3)c2)n1. The zero-order valence-corrected chi connectivity index (χ0v) is 16.7. The number of aromatic nitrogens is 5. The summed E-state index contributed by atoms with van der Waals surface area (Å²) in [5.74, 6) is 1.78. The highest BCUT2D eigenvalue weighted by Crippen LogP contribution is 2.26. The highest BCUT2D eigenvalue weighted by Gasteiger charge is 2.22. The van der Waals surface area contributed by atoms with E-state index in [0.717, 1.165) is 48.8 Å². The molecular weight excluding hydrogens is 350 g/mol. The van der Waals surface area contributed by atoms with Gasteiger partial charge in [0.1, 0.15) is 18.0 Å². The fraction of sp³-hybridized carbons (Fsp3) is 0.429. The first kappa shape index (κ1) is 18.6. The second kappa shape index (κ2) is 8.06.